The average molecular weight is 258 g/mol. The summed E-state index contributed by atoms with van der Waals surface area (Å²) < 4.78 is 0. The maximum Gasteiger partial charge on any atom is 0.346 e. The first-order valence-corrected chi connectivity index (χ1v) is 6.09. The fourth-order valence-corrected chi connectivity index (χ4v) is 2.33. The SMILES string of the molecule is CCC(O)CSc1nc(=O)[nH]c(C)c1C(=O)O. The van der Waals surface area contributed by atoms with Gasteiger partial charge in [-0.25, -0.2) is 9.59 Å². The molecule has 0 fully saturated rings. The number of aliphatic hydroxyl groups is 1. The normalized spacial score (nSPS) is 12.4. The summed E-state index contributed by atoms with van der Waals surface area (Å²) in [5, 5.41) is 18.6. The van der Waals surface area contributed by atoms with Crippen molar-refractivity contribution in [2.75, 3.05) is 5.75 Å². The second-order valence-corrected chi connectivity index (χ2v) is 4.53. The van der Waals surface area contributed by atoms with Crippen LogP contribution in [0.25, 0.3) is 0 Å². The van der Waals surface area contributed by atoms with Crippen molar-refractivity contribution < 1.29 is 15.0 Å². The van der Waals surface area contributed by atoms with Crippen LogP contribution in [-0.4, -0.2) is 38.0 Å². The van der Waals surface area contributed by atoms with E-state index in [4.69, 9.17) is 5.11 Å². The summed E-state index contributed by atoms with van der Waals surface area (Å²) in [6.45, 7) is 3.33. The first kappa shape index (κ1) is 13.7. The molecule has 17 heavy (non-hydrogen) atoms. The number of carbonyl (C=O) groups is 1. The van der Waals surface area contributed by atoms with Gasteiger partial charge in [0.05, 0.1) is 6.10 Å². The van der Waals surface area contributed by atoms with Crippen LogP contribution in [0.5, 0.6) is 0 Å². The standard InChI is InChI=1S/C10H14N2O4S/c1-3-6(13)4-17-8-7(9(14)15)5(2)11-10(16)12-8/h6,13H,3-4H2,1-2H3,(H,14,15)(H,11,12,16). The lowest BCUT2D eigenvalue weighted by atomic mass is 10.2. The van der Waals surface area contributed by atoms with E-state index < -0.39 is 17.8 Å². The second-order valence-electron chi connectivity index (χ2n) is 3.53. The van der Waals surface area contributed by atoms with Crippen LogP contribution < -0.4 is 5.69 Å². The summed E-state index contributed by atoms with van der Waals surface area (Å²) in [6.07, 6.45) is 0.0282. The quantitative estimate of drug-likeness (QED) is 0.529. The highest BCUT2D eigenvalue weighted by Crippen LogP contribution is 2.21. The Morgan fingerprint density at radius 2 is 2.24 bits per heavy atom. The Balaban J connectivity index is 3.04. The number of aryl methyl sites for hydroxylation is 1. The molecule has 0 radical (unpaired) electrons. The maximum absolute atomic E-state index is 11.2. The zero-order valence-electron chi connectivity index (χ0n) is 9.56. The van der Waals surface area contributed by atoms with Crippen LogP contribution in [0.2, 0.25) is 0 Å². The molecule has 6 nitrogen and oxygen atoms in total. The van der Waals surface area contributed by atoms with Gasteiger partial charge in [0, 0.05) is 11.4 Å². The van der Waals surface area contributed by atoms with Crippen LogP contribution in [-0.2, 0) is 0 Å². The zero-order chi connectivity index (χ0) is 13.0. The fraction of sp³-hybridized carbons (Fsp3) is 0.500. The number of nitrogens with zero attached hydrogens (tertiary/aromatic N) is 1. The van der Waals surface area contributed by atoms with E-state index in [2.05, 4.69) is 9.97 Å². The van der Waals surface area contributed by atoms with E-state index in [1.165, 1.54) is 6.92 Å². The number of hydrogen-bond donors (Lipinski definition) is 3. The number of carboxylic acids is 1. The van der Waals surface area contributed by atoms with Gasteiger partial charge in [-0.05, 0) is 13.3 Å². The van der Waals surface area contributed by atoms with E-state index in [-0.39, 0.29) is 16.3 Å². The van der Waals surface area contributed by atoms with Crippen LogP contribution in [0.4, 0.5) is 0 Å². The van der Waals surface area contributed by atoms with Crippen molar-refractivity contribution in [3.63, 3.8) is 0 Å². The number of aromatic nitrogens is 2. The summed E-state index contributed by atoms with van der Waals surface area (Å²) >= 11 is 1.07. The summed E-state index contributed by atoms with van der Waals surface area (Å²) in [5.41, 5.74) is -0.329. The predicted molar refractivity (Wildman–Crippen MR) is 63.6 cm³/mol. The van der Waals surface area contributed by atoms with Gasteiger partial charge in [0.15, 0.2) is 0 Å². The van der Waals surface area contributed by atoms with E-state index in [0.717, 1.165) is 11.8 Å². The number of H-pyrrole nitrogens is 1. The number of nitrogens with one attached hydrogen (secondary N) is 1. The Bertz CT molecular complexity index is 472. The third-order valence-electron chi connectivity index (χ3n) is 2.18. The van der Waals surface area contributed by atoms with Gasteiger partial charge in [-0.3, -0.25) is 0 Å². The Morgan fingerprint density at radius 1 is 1.59 bits per heavy atom. The van der Waals surface area contributed by atoms with E-state index in [0.29, 0.717) is 12.2 Å². The number of carboxylic acid groups (broad SMARTS) is 1. The third-order valence-corrected chi connectivity index (χ3v) is 3.30. The molecule has 0 bridgehead atoms. The number of aliphatic hydroxyl groups excluding tert-OH is 1. The molecule has 0 amide bonds. The zero-order valence-corrected chi connectivity index (χ0v) is 10.4. The lowest BCUT2D eigenvalue weighted by molar-refractivity contribution is 0.0690. The molecule has 0 spiro atoms. The number of thioether (sulfide) groups is 1. The molecule has 1 rings (SSSR count). The minimum Gasteiger partial charge on any atom is -0.478 e. The number of hydrogen-bond acceptors (Lipinski definition) is 5. The van der Waals surface area contributed by atoms with E-state index in [1.54, 1.807) is 0 Å². The summed E-state index contributed by atoms with van der Waals surface area (Å²) in [4.78, 5) is 28.2. The Hall–Kier alpha value is -1.34. The lowest BCUT2D eigenvalue weighted by Gasteiger charge is -2.09. The molecular weight excluding hydrogens is 244 g/mol. The van der Waals surface area contributed by atoms with Crippen molar-refractivity contribution in [1.82, 2.24) is 9.97 Å². The highest BCUT2D eigenvalue weighted by molar-refractivity contribution is 7.99. The van der Waals surface area contributed by atoms with E-state index in [9.17, 15) is 14.7 Å². The van der Waals surface area contributed by atoms with Crippen molar-refractivity contribution in [3.05, 3.63) is 21.7 Å². The van der Waals surface area contributed by atoms with Crippen molar-refractivity contribution in [3.8, 4) is 0 Å². The smallest absolute Gasteiger partial charge is 0.346 e. The highest BCUT2D eigenvalue weighted by Gasteiger charge is 2.17. The molecule has 1 unspecified atom stereocenters. The van der Waals surface area contributed by atoms with Crippen molar-refractivity contribution in [2.45, 2.75) is 31.4 Å². The summed E-state index contributed by atoms with van der Waals surface area (Å²) in [5.74, 6) is -0.827. The van der Waals surface area contributed by atoms with Crippen LogP contribution in [0.3, 0.4) is 0 Å². The minimum absolute atomic E-state index is 0.0158. The van der Waals surface area contributed by atoms with Crippen LogP contribution in [0, 0.1) is 6.92 Å². The van der Waals surface area contributed by atoms with E-state index >= 15 is 0 Å². The van der Waals surface area contributed by atoms with Gasteiger partial charge >= 0.3 is 11.7 Å². The van der Waals surface area contributed by atoms with Gasteiger partial charge in [-0.1, -0.05) is 6.92 Å². The molecule has 0 aliphatic heterocycles. The number of aromatic amines is 1. The first-order chi connectivity index (χ1) is 7.95. The molecule has 7 heteroatoms. The van der Waals surface area contributed by atoms with Gasteiger partial charge in [-0.15, -0.1) is 11.8 Å². The number of rotatable bonds is 5. The lowest BCUT2D eigenvalue weighted by Crippen LogP contribution is -2.19. The van der Waals surface area contributed by atoms with Crippen LogP contribution >= 0.6 is 11.8 Å². The molecule has 3 N–H and O–H groups in total. The predicted octanol–water partition coefficient (Wildman–Crippen LogP) is 0.640. The fourth-order valence-electron chi connectivity index (χ4n) is 1.21. The maximum atomic E-state index is 11.2. The Morgan fingerprint density at radius 3 is 2.76 bits per heavy atom. The number of aromatic carboxylic acids is 1. The van der Waals surface area contributed by atoms with Gasteiger partial charge < -0.3 is 15.2 Å². The molecule has 0 saturated carbocycles. The van der Waals surface area contributed by atoms with Gasteiger partial charge in [0.1, 0.15) is 10.6 Å². The van der Waals surface area contributed by atoms with Gasteiger partial charge in [-0.2, -0.15) is 4.98 Å². The third kappa shape index (κ3) is 3.57. The molecule has 0 aliphatic carbocycles. The minimum atomic E-state index is -1.14. The van der Waals surface area contributed by atoms with Crippen LogP contribution in [0.1, 0.15) is 29.4 Å². The average Bonchev–Trinajstić information content (AvgIpc) is 2.24. The van der Waals surface area contributed by atoms with Crippen molar-refractivity contribution >= 4 is 17.7 Å². The molecule has 0 saturated heterocycles. The molecule has 94 valence electrons. The highest BCUT2D eigenvalue weighted by atomic mass is 32.2. The molecule has 1 atom stereocenters. The monoisotopic (exact) mass is 258 g/mol. The summed E-state index contributed by atoms with van der Waals surface area (Å²) in [7, 11) is 0. The van der Waals surface area contributed by atoms with E-state index in [1.807, 2.05) is 6.92 Å². The Kier molecular flexibility index (Phi) is 4.71. The van der Waals surface area contributed by atoms with Crippen LogP contribution in [0.15, 0.2) is 9.82 Å². The molecular formula is C10H14N2O4S. The van der Waals surface area contributed by atoms with Crippen molar-refractivity contribution in [1.29, 1.82) is 0 Å². The topological polar surface area (TPSA) is 103 Å². The van der Waals surface area contributed by atoms with Gasteiger partial charge in [0.25, 0.3) is 0 Å². The molecule has 1 heterocycles. The Labute approximate surface area is 102 Å². The molecule has 1 aromatic rings. The van der Waals surface area contributed by atoms with Gasteiger partial charge in [0.2, 0.25) is 0 Å². The largest absolute Gasteiger partial charge is 0.478 e. The summed E-state index contributed by atoms with van der Waals surface area (Å²) in [6, 6.07) is 0. The second kappa shape index (κ2) is 5.83. The first-order valence-electron chi connectivity index (χ1n) is 5.10. The molecule has 1 aromatic heterocycles. The molecule has 0 aliphatic rings. The van der Waals surface area contributed by atoms with Crippen molar-refractivity contribution in [2.24, 2.45) is 0 Å². The molecule has 0 aromatic carbocycles.